The first kappa shape index (κ1) is 13.4. The molecule has 0 saturated carbocycles. The number of aliphatic hydroxyl groups excluding tert-OH is 1. The summed E-state index contributed by atoms with van der Waals surface area (Å²) in [4.78, 5) is 4.14. The second-order valence-electron chi connectivity index (χ2n) is 4.70. The Hall–Kier alpha value is -1.59. The molecular weight excluding hydrogens is 322 g/mol. The van der Waals surface area contributed by atoms with Crippen LogP contribution in [0.4, 0.5) is 0 Å². The van der Waals surface area contributed by atoms with E-state index in [4.69, 9.17) is 9.47 Å². The number of aliphatic hydroxyl groups is 1. The highest BCUT2D eigenvalue weighted by Crippen LogP contribution is 2.42. The molecule has 0 aliphatic carbocycles. The van der Waals surface area contributed by atoms with Gasteiger partial charge in [0, 0.05) is 34.4 Å². The van der Waals surface area contributed by atoms with Crippen molar-refractivity contribution < 1.29 is 14.6 Å². The molecule has 2 aromatic rings. The molecule has 0 amide bonds. The molecule has 0 bridgehead atoms. The largest absolute Gasteiger partial charge is 0.497 e. The fourth-order valence-electron chi connectivity index (χ4n) is 2.36. The summed E-state index contributed by atoms with van der Waals surface area (Å²) in [6, 6.07) is 7.43. The first-order valence-electron chi connectivity index (χ1n) is 6.30. The Morgan fingerprint density at radius 3 is 2.95 bits per heavy atom. The average Bonchev–Trinajstić information content (AvgIpc) is 2.47. The third-order valence-corrected chi connectivity index (χ3v) is 3.81. The summed E-state index contributed by atoms with van der Waals surface area (Å²) in [7, 11) is 1.60. The van der Waals surface area contributed by atoms with Crippen molar-refractivity contribution >= 4 is 15.9 Å². The molecule has 20 heavy (non-hydrogen) atoms. The Labute approximate surface area is 125 Å². The number of aromatic nitrogens is 1. The van der Waals surface area contributed by atoms with E-state index < -0.39 is 6.10 Å². The number of benzene rings is 1. The monoisotopic (exact) mass is 335 g/mol. The van der Waals surface area contributed by atoms with Gasteiger partial charge >= 0.3 is 0 Å². The maximum atomic E-state index is 10.3. The zero-order chi connectivity index (χ0) is 14.1. The number of ether oxygens (including phenoxy) is 2. The summed E-state index contributed by atoms with van der Waals surface area (Å²) in [5.41, 5.74) is 1.71. The highest BCUT2D eigenvalue weighted by molar-refractivity contribution is 9.10. The van der Waals surface area contributed by atoms with Gasteiger partial charge in [-0.3, -0.25) is 4.98 Å². The fraction of sp³-hybridized carbons (Fsp3) is 0.267. The zero-order valence-corrected chi connectivity index (χ0v) is 12.5. The molecule has 1 N–H and O–H groups in total. The number of rotatable bonds is 2. The minimum absolute atomic E-state index is 0.198. The van der Waals surface area contributed by atoms with Gasteiger partial charge in [0.25, 0.3) is 0 Å². The van der Waals surface area contributed by atoms with E-state index in [-0.39, 0.29) is 6.10 Å². The Balaban J connectivity index is 1.93. The normalized spacial score (nSPS) is 20.9. The summed E-state index contributed by atoms with van der Waals surface area (Å²) in [6.07, 6.45) is 3.21. The van der Waals surface area contributed by atoms with E-state index in [9.17, 15) is 5.11 Å². The van der Waals surface area contributed by atoms with E-state index in [1.54, 1.807) is 19.5 Å². The number of pyridine rings is 1. The average molecular weight is 336 g/mol. The van der Waals surface area contributed by atoms with Gasteiger partial charge in [-0.15, -0.1) is 0 Å². The molecule has 0 fully saturated rings. The molecular formula is C15H14BrNO3. The van der Waals surface area contributed by atoms with Crippen LogP contribution in [0.5, 0.6) is 11.5 Å². The number of fused-ring (bicyclic) bond motifs is 1. The molecule has 1 aliphatic heterocycles. The lowest BCUT2D eigenvalue weighted by Crippen LogP contribution is -2.19. The van der Waals surface area contributed by atoms with Crippen LogP contribution in [0.3, 0.4) is 0 Å². The molecule has 0 radical (unpaired) electrons. The van der Waals surface area contributed by atoms with E-state index in [2.05, 4.69) is 20.9 Å². The molecule has 1 aromatic carbocycles. The lowest BCUT2D eigenvalue weighted by atomic mass is 9.95. The van der Waals surface area contributed by atoms with Crippen molar-refractivity contribution in [3.8, 4) is 11.5 Å². The summed E-state index contributed by atoms with van der Waals surface area (Å²) < 4.78 is 12.0. The Morgan fingerprint density at radius 2 is 2.20 bits per heavy atom. The number of hydrogen-bond acceptors (Lipinski definition) is 4. The van der Waals surface area contributed by atoms with Gasteiger partial charge < -0.3 is 14.6 Å². The van der Waals surface area contributed by atoms with Crippen molar-refractivity contribution in [3.05, 3.63) is 52.3 Å². The number of halogens is 1. The van der Waals surface area contributed by atoms with Crippen LogP contribution in [0, 0.1) is 0 Å². The van der Waals surface area contributed by atoms with Crippen LogP contribution in [0.25, 0.3) is 0 Å². The summed E-state index contributed by atoms with van der Waals surface area (Å²) in [5.74, 6) is 1.41. The van der Waals surface area contributed by atoms with Gasteiger partial charge in [0.15, 0.2) is 0 Å². The van der Waals surface area contributed by atoms with E-state index >= 15 is 0 Å². The molecule has 4 nitrogen and oxygen atoms in total. The Bertz CT molecular complexity index is 632. The van der Waals surface area contributed by atoms with E-state index in [1.165, 1.54) is 0 Å². The molecule has 0 saturated heterocycles. The minimum atomic E-state index is -0.571. The van der Waals surface area contributed by atoms with Crippen LogP contribution >= 0.6 is 15.9 Å². The lowest BCUT2D eigenvalue weighted by Gasteiger charge is -2.30. The smallest absolute Gasteiger partial charge is 0.128 e. The van der Waals surface area contributed by atoms with Crippen molar-refractivity contribution in [2.45, 2.75) is 18.6 Å². The molecule has 3 rings (SSSR count). The van der Waals surface area contributed by atoms with Gasteiger partial charge in [-0.05, 0) is 40.2 Å². The standard InChI is InChI=1S/C15H14BrNO3/c1-19-11-2-3-14-12(5-11)13(18)6-15(20-14)9-4-10(16)8-17-7-9/h2-5,7-8,13,15,18H,6H2,1H3/t13-,15?/m1/s1. The Morgan fingerprint density at radius 1 is 1.35 bits per heavy atom. The van der Waals surface area contributed by atoms with Crippen molar-refractivity contribution in [2.75, 3.05) is 7.11 Å². The summed E-state index contributed by atoms with van der Waals surface area (Å²) in [5, 5.41) is 10.3. The van der Waals surface area contributed by atoms with Crippen molar-refractivity contribution in [1.82, 2.24) is 4.98 Å². The summed E-state index contributed by atoms with van der Waals surface area (Å²) in [6.45, 7) is 0. The zero-order valence-electron chi connectivity index (χ0n) is 10.9. The topological polar surface area (TPSA) is 51.6 Å². The highest BCUT2D eigenvalue weighted by atomic mass is 79.9. The van der Waals surface area contributed by atoms with Crippen molar-refractivity contribution in [1.29, 1.82) is 0 Å². The van der Waals surface area contributed by atoms with Crippen LogP contribution in [0.15, 0.2) is 41.1 Å². The van der Waals surface area contributed by atoms with E-state index in [1.807, 2.05) is 24.3 Å². The molecule has 0 spiro atoms. The van der Waals surface area contributed by atoms with Gasteiger partial charge in [-0.25, -0.2) is 0 Å². The maximum Gasteiger partial charge on any atom is 0.128 e. The van der Waals surface area contributed by atoms with Crippen LogP contribution < -0.4 is 9.47 Å². The SMILES string of the molecule is COc1ccc2c(c1)[C@H](O)CC(c1cncc(Br)c1)O2. The van der Waals surface area contributed by atoms with Crippen LogP contribution in [-0.4, -0.2) is 17.2 Å². The molecule has 2 atom stereocenters. The third kappa shape index (κ3) is 2.51. The second kappa shape index (κ2) is 5.42. The third-order valence-electron chi connectivity index (χ3n) is 3.38. The predicted molar refractivity (Wildman–Crippen MR) is 77.9 cm³/mol. The van der Waals surface area contributed by atoms with Crippen LogP contribution in [0.2, 0.25) is 0 Å². The van der Waals surface area contributed by atoms with Crippen molar-refractivity contribution in [3.63, 3.8) is 0 Å². The van der Waals surface area contributed by atoms with Gasteiger partial charge in [-0.1, -0.05) is 0 Å². The minimum Gasteiger partial charge on any atom is -0.497 e. The Kier molecular flexibility index (Phi) is 3.63. The van der Waals surface area contributed by atoms with E-state index in [0.29, 0.717) is 17.9 Å². The van der Waals surface area contributed by atoms with Gasteiger partial charge in [0.05, 0.1) is 13.2 Å². The van der Waals surface area contributed by atoms with Gasteiger partial charge in [0.1, 0.15) is 17.6 Å². The van der Waals surface area contributed by atoms with Gasteiger partial charge in [0.2, 0.25) is 0 Å². The van der Waals surface area contributed by atoms with Crippen LogP contribution in [0.1, 0.15) is 29.8 Å². The highest BCUT2D eigenvalue weighted by Gasteiger charge is 2.28. The predicted octanol–water partition coefficient (Wildman–Crippen LogP) is 3.41. The quantitative estimate of drug-likeness (QED) is 0.913. The second-order valence-corrected chi connectivity index (χ2v) is 5.61. The number of hydrogen-bond donors (Lipinski definition) is 1. The number of nitrogens with zero attached hydrogens (tertiary/aromatic N) is 1. The number of methoxy groups -OCH3 is 1. The molecule has 1 aromatic heterocycles. The van der Waals surface area contributed by atoms with Gasteiger partial charge in [-0.2, -0.15) is 0 Å². The molecule has 2 heterocycles. The first-order valence-corrected chi connectivity index (χ1v) is 7.10. The van der Waals surface area contributed by atoms with Crippen molar-refractivity contribution in [2.24, 2.45) is 0 Å². The molecule has 5 heteroatoms. The first-order chi connectivity index (χ1) is 9.67. The molecule has 104 valence electrons. The lowest BCUT2D eigenvalue weighted by molar-refractivity contribution is 0.0653. The summed E-state index contributed by atoms with van der Waals surface area (Å²) >= 11 is 3.40. The van der Waals surface area contributed by atoms with E-state index in [0.717, 1.165) is 15.6 Å². The molecule has 1 unspecified atom stereocenters. The maximum absolute atomic E-state index is 10.3. The van der Waals surface area contributed by atoms with Crippen LogP contribution in [-0.2, 0) is 0 Å². The molecule has 1 aliphatic rings. The fourth-order valence-corrected chi connectivity index (χ4v) is 2.74.